The second-order valence-electron chi connectivity index (χ2n) is 3.30. The van der Waals surface area contributed by atoms with Crippen molar-refractivity contribution in [2.45, 2.75) is 23.9 Å². The van der Waals surface area contributed by atoms with Gasteiger partial charge in [-0.1, -0.05) is 6.07 Å². The molecule has 1 aromatic carbocycles. The highest BCUT2D eigenvalue weighted by atomic mass is 35.7. The summed E-state index contributed by atoms with van der Waals surface area (Å²) in [6, 6.07) is 4.30. The average Bonchev–Trinajstić information content (AvgIpc) is 2.46. The summed E-state index contributed by atoms with van der Waals surface area (Å²) in [5.41, 5.74) is 1.34. The first kappa shape index (κ1) is 9.93. The maximum absolute atomic E-state index is 13.2. The molecular formula is C9H8ClFO2S. The third-order valence-corrected chi connectivity index (χ3v) is 3.75. The highest BCUT2D eigenvalue weighted by Crippen LogP contribution is 2.35. The van der Waals surface area contributed by atoms with Crippen molar-refractivity contribution in [3.8, 4) is 0 Å². The lowest BCUT2D eigenvalue weighted by molar-refractivity contribution is 0.344. The van der Waals surface area contributed by atoms with E-state index in [1.165, 1.54) is 18.2 Å². The quantitative estimate of drug-likeness (QED) is 0.700. The SMILES string of the molecule is O=S(=O)(Cl)c1ccc2c(c1)CCC2F. The van der Waals surface area contributed by atoms with Crippen molar-refractivity contribution in [2.24, 2.45) is 0 Å². The summed E-state index contributed by atoms with van der Waals surface area (Å²) < 4.78 is 35.1. The summed E-state index contributed by atoms with van der Waals surface area (Å²) in [5, 5.41) is 0. The van der Waals surface area contributed by atoms with E-state index in [4.69, 9.17) is 10.7 Å². The maximum Gasteiger partial charge on any atom is 0.261 e. The molecule has 1 unspecified atom stereocenters. The molecule has 0 radical (unpaired) electrons. The van der Waals surface area contributed by atoms with E-state index in [1.54, 1.807) is 0 Å². The van der Waals surface area contributed by atoms with Crippen molar-refractivity contribution in [3.63, 3.8) is 0 Å². The second kappa shape index (κ2) is 3.21. The van der Waals surface area contributed by atoms with Gasteiger partial charge in [0, 0.05) is 10.7 Å². The zero-order valence-electron chi connectivity index (χ0n) is 7.20. The van der Waals surface area contributed by atoms with Gasteiger partial charge in [-0.3, -0.25) is 0 Å². The number of hydrogen-bond acceptors (Lipinski definition) is 2. The van der Waals surface area contributed by atoms with Crippen molar-refractivity contribution in [2.75, 3.05) is 0 Å². The third kappa shape index (κ3) is 1.64. The molecule has 76 valence electrons. The fraction of sp³-hybridized carbons (Fsp3) is 0.333. The van der Waals surface area contributed by atoms with Gasteiger partial charge in [-0.2, -0.15) is 0 Å². The molecule has 0 heterocycles. The average molecular weight is 235 g/mol. The second-order valence-corrected chi connectivity index (χ2v) is 5.87. The Bertz CT molecular complexity index is 470. The zero-order valence-corrected chi connectivity index (χ0v) is 8.78. The molecule has 0 N–H and O–H groups in total. The standard InChI is InChI=1S/C9H8ClFO2S/c10-14(12,13)7-2-3-8-6(5-7)1-4-9(8)11/h2-3,5,9H,1,4H2. The van der Waals surface area contributed by atoms with Crippen molar-refractivity contribution < 1.29 is 12.8 Å². The van der Waals surface area contributed by atoms with Crippen molar-refractivity contribution >= 4 is 19.7 Å². The molecule has 0 aliphatic heterocycles. The Kier molecular flexibility index (Phi) is 2.27. The molecule has 1 aliphatic carbocycles. The largest absolute Gasteiger partial charge is 0.261 e. The third-order valence-electron chi connectivity index (χ3n) is 2.40. The van der Waals surface area contributed by atoms with Gasteiger partial charge in [0.2, 0.25) is 0 Å². The van der Waals surface area contributed by atoms with Crippen LogP contribution in [0.3, 0.4) is 0 Å². The van der Waals surface area contributed by atoms with Crippen LogP contribution in [0.5, 0.6) is 0 Å². The molecule has 14 heavy (non-hydrogen) atoms. The minimum Gasteiger partial charge on any atom is -0.242 e. The molecule has 0 spiro atoms. The van der Waals surface area contributed by atoms with Crippen LogP contribution in [0.2, 0.25) is 0 Å². The van der Waals surface area contributed by atoms with Crippen LogP contribution in [-0.4, -0.2) is 8.42 Å². The Hall–Kier alpha value is -0.610. The summed E-state index contributed by atoms with van der Waals surface area (Å²) in [5.74, 6) is 0. The summed E-state index contributed by atoms with van der Waals surface area (Å²) in [6.07, 6.45) is 0.0507. The Morgan fingerprint density at radius 2 is 2.14 bits per heavy atom. The highest BCUT2D eigenvalue weighted by molar-refractivity contribution is 8.13. The van der Waals surface area contributed by atoms with Crippen LogP contribution in [0.15, 0.2) is 23.1 Å². The molecule has 1 atom stereocenters. The monoisotopic (exact) mass is 234 g/mol. The van der Waals surface area contributed by atoms with Gasteiger partial charge in [-0.15, -0.1) is 0 Å². The van der Waals surface area contributed by atoms with Crippen LogP contribution in [0, 0.1) is 0 Å². The van der Waals surface area contributed by atoms with Gasteiger partial charge >= 0.3 is 0 Å². The summed E-state index contributed by atoms with van der Waals surface area (Å²) in [4.78, 5) is 0.0482. The summed E-state index contributed by atoms with van der Waals surface area (Å²) in [6.45, 7) is 0. The molecule has 1 aromatic rings. The van der Waals surface area contributed by atoms with Gasteiger partial charge in [-0.25, -0.2) is 12.8 Å². The van der Waals surface area contributed by atoms with E-state index in [2.05, 4.69) is 0 Å². The minimum atomic E-state index is -3.69. The first-order chi connectivity index (χ1) is 6.48. The smallest absolute Gasteiger partial charge is 0.242 e. The number of aryl methyl sites for hydroxylation is 1. The van der Waals surface area contributed by atoms with Crippen LogP contribution < -0.4 is 0 Å². The normalized spacial score (nSPS) is 20.9. The molecule has 1 aliphatic rings. The molecular weight excluding hydrogens is 227 g/mol. The lowest BCUT2D eigenvalue weighted by Gasteiger charge is -2.02. The van der Waals surface area contributed by atoms with Crippen LogP contribution in [0.25, 0.3) is 0 Å². The first-order valence-corrected chi connectivity index (χ1v) is 6.51. The summed E-state index contributed by atoms with van der Waals surface area (Å²) >= 11 is 0. The molecule has 5 heteroatoms. The summed E-state index contributed by atoms with van der Waals surface area (Å²) in [7, 11) is 1.48. The lowest BCUT2D eigenvalue weighted by Crippen LogP contribution is -1.93. The Balaban J connectivity index is 2.53. The van der Waals surface area contributed by atoms with E-state index >= 15 is 0 Å². The van der Waals surface area contributed by atoms with E-state index in [1.807, 2.05) is 0 Å². The number of alkyl halides is 1. The van der Waals surface area contributed by atoms with Crippen molar-refractivity contribution in [1.29, 1.82) is 0 Å². The number of hydrogen-bond donors (Lipinski definition) is 0. The Morgan fingerprint density at radius 1 is 1.43 bits per heavy atom. The first-order valence-electron chi connectivity index (χ1n) is 4.20. The maximum atomic E-state index is 13.2. The van der Waals surface area contributed by atoms with Crippen LogP contribution in [0.1, 0.15) is 23.7 Å². The number of benzene rings is 1. The lowest BCUT2D eigenvalue weighted by atomic mass is 10.1. The van der Waals surface area contributed by atoms with E-state index in [9.17, 15) is 12.8 Å². The van der Waals surface area contributed by atoms with Gasteiger partial charge in [0.15, 0.2) is 0 Å². The van der Waals surface area contributed by atoms with Gasteiger partial charge < -0.3 is 0 Å². The molecule has 2 rings (SSSR count). The van der Waals surface area contributed by atoms with Gasteiger partial charge in [0.1, 0.15) is 6.17 Å². The van der Waals surface area contributed by atoms with Gasteiger partial charge in [0.25, 0.3) is 9.05 Å². The molecule has 0 amide bonds. The van der Waals surface area contributed by atoms with E-state index in [0.717, 1.165) is 5.56 Å². The molecule has 0 fully saturated rings. The molecule has 0 bridgehead atoms. The highest BCUT2D eigenvalue weighted by Gasteiger charge is 2.23. The number of rotatable bonds is 1. The fourth-order valence-electron chi connectivity index (χ4n) is 1.69. The van der Waals surface area contributed by atoms with Crippen LogP contribution in [0.4, 0.5) is 4.39 Å². The predicted molar refractivity (Wildman–Crippen MR) is 51.7 cm³/mol. The van der Waals surface area contributed by atoms with Gasteiger partial charge in [0.05, 0.1) is 4.90 Å². The number of halogens is 2. The van der Waals surface area contributed by atoms with Gasteiger partial charge in [-0.05, 0) is 36.1 Å². The van der Waals surface area contributed by atoms with E-state index in [-0.39, 0.29) is 4.90 Å². The molecule has 0 saturated heterocycles. The van der Waals surface area contributed by atoms with Crippen LogP contribution >= 0.6 is 10.7 Å². The Morgan fingerprint density at radius 3 is 2.79 bits per heavy atom. The van der Waals surface area contributed by atoms with E-state index < -0.39 is 15.2 Å². The predicted octanol–water partition coefficient (Wildman–Crippen LogP) is 2.57. The van der Waals surface area contributed by atoms with Crippen molar-refractivity contribution in [3.05, 3.63) is 29.3 Å². The Labute approximate surface area is 86.1 Å². The van der Waals surface area contributed by atoms with Crippen LogP contribution in [-0.2, 0) is 15.5 Å². The zero-order chi connectivity index (χ0) is 10.3. The van der Waals surface area contributed by atoms with E-state index in [0.29, 0.717) is 18.4 Å². The molecule has 0 saturated carbocycles. The number of fused-ring (bicyclic) bond motifs is 1. The minimum absolute atomic E-state index is 0.0482. The van der Waals surface area contributed by atoms with Crippen molar-refractivity contribution in [1.82, 2.24) is 0 Å². The molecule has 0 aromatic heterocycles. The fourth-order valence-corrected chi connectivity index (χ4v) is 2.50. The topological polar surface area (TPSA) is 34.1 Å². The molecule has 2 nitrogen and oxygen atoms in total.